The molecule has 1 N–H and O–H groups in total. The van der Waals surface area contributed by atoms with Gasteiger partial charge in [0, 0.05) is 23.4 Å². The molecule has 1 aromatic heterocycles. The SMILES string of the molecule is O=C(O)C1CCN(Cc2cncc(Br)c2)CC1. The predicted octanol–water partition coefficient (Wildman–Crippen LogP) is 2.14. The van der Waals surface area contributed by atoms with Crippen LogP contribution in [0.4, 0.5) is 0 Å². The highest BCUT2D eigenvalue weighted by molar-refractivity contribution is 9.10. The van der Waals surface area contributed by atoms with Crippen molar-refractivity contribution >= 4 is 21.9 Å². The lowest BCUT2D eigenvalue weighted by molar-refractivity contribution is -0.143. The minimum absolute atomic E-state index is 0.160. The normalized spacial score (nSPS) is 18.2. The van der Waals surface area contributed by atoms with Gasteiger partial charge in [0.05, 0.1) is 5.92 Å². The van der Waals surface area contributed by atoms with E-state index in [2.05, 4.69) is 31.9 Å². The number of nitrogens with zero attached hydrogens (tertiary/aromatic N) is 2. The number of hydrogen-bond donors (Lipinski definition) is 1. The van der Waals surface area contributed by atoms with Gasteiger partial charge in [0.1, 0.15) is 0 Å². The maximum atomic E-state index is 10.8. The number of likely N-dealkylation sites (tertiary alicyclic amines) is 1. The minimum atomic E-state index is -0.659. The van der Waals surface area contributed by atoms with Crippen molar-refractivity contribution in [3.8, 4) is 0 Å². The van der Waals surface area contributed by atoms with E-state index in [1.807, 2.05) is 6.20 Å². The first kappa shape index (κ1) is 12.5. The summed E-state index contributed by atoms with van der Waals surface area (Å²) in [7, 11) is 0. The summed E-state index contributed by atoms with van der Waals surface area (Å²) in [6, 6.07) is 2.05. The van der Waals surface area contributed by atoms with Gasteiger partial charge in [0.25, 0.3) is 0 Å². The lowest BCUT2D eigenvalue weighted by Gasteiger charge is -2.29. The van der Waals surface area contributed by atoms with Gasteiger partial charge in [-0.3, -0.25) is 14.7 Å². The Balaban J connectivity index is 1.88. The highest BCUT2D eigenvalue weighted by Gasteiger charge is 2.24. The lowest BCUT2D eigenvalue weighted by Crippen LogP contribution is -2.35. The number of carboxylic acid groups (broad SMARTS) is 1. The van der Waals surface area contributed by atoms with Gasteiger partial charge in [-0.15, -0.1) is 0 Å². The lowest BCUT2D eigenvalue weighted by atomic mass is 9.97. The molecule has 5 heteroatoms. The van der Waals surface area contributed by atoms with E-state index in [4.69, 9.17) is 5.11 Å². The van der Waals surface area contributed by atoms with Gasteiger partial charge in [0.2, 0.25) is 0 Å². The van der Waals surface area contributed by atoms with E-state index in [-0.39, 0.29) is 5.92 Å². The zero-order valence-electron chi connectivity index (χ0n) is 9.47. The van der Waals surface area contributed by atoms with Crippen molar-refractivity contribution in [2.45, 2.75) is 19.4 Å². The van der Waals surface area contributed by atoms with E-state index >= 15 is 0 Å². The molecule has 17 heavy (non-hydrogen) atoms. The number of carbonyl (C=O) groups is 1. The van der Waals surface area contributed by atoms with Crippen LogP contribution < -0.4 is 0 Å². The third-order valence-electron chi connectivity index (χ3n) is 3.10. The number of aromatic nitrogens is 1. The summed E-state index contributed by atoms with van der Waals surface area (Å²) < 4.78 is 0.982. The molecule has 0 spiro atoms. The van der Waals surface area contributed by atoms with Crippen LogP contribution in [0, 0.1) is 5.92 Å². The summed E-state index contributed by atoms with van der Waals surface area (Å²) in [5.74, 6) is -0.819. The molecule has 92 valence electrons. The Kier molecular flexibility index (Phi) is 4.12. The standard InChI is InChI=1S/C12H15BrN2O2/c13-11-5-9(6-14-7-11)8-15-3-1-10(2-4-15)12(16)17/h5-7,10H,1-4,8H2,(H,16,17). The molecule has 0 bridgehead atoms. The van der Waals surface area contributed by atoms with Gasteiger partial charge in [-0.05, 0) is 53.5 Å². The van der Waals surface area contributed by atoms with Gasteiger partial charge in [-0.1, -0.05) is 0 Å². The van der Waals surface area contributed by atoms with Gasteiger partial charge in [-0.2, -0.15) is 0 Å². The summed E-state index contributed by atoms with van der Waals surface area (Å²) in [5.41, 5.74) is 1.16. The zero-order valence-corrected chi connectivity index (χ0v) is 11.1. The van der Waals surface area contributed by atoms with Crippen LogP contribution in [-0.2, 0) is 11.3 Å². The predicted molar refractivity (Wildman–Crippen MR) is 67.6 cm³/mol. The highest BCUT2D eigenvalue weighted by atomic mass is 79.9. The summed E-state index contributed by atoms with van der Waals surface area (Å²) in [6.45, 7) is 2.55. The third-order valence-corrected chi connectivity index (χ3v) is 3.54. The second kappa shape index (κ2) is 5.60. The topological polar surface area (TPSA) is 53.4 Å². The molecule has 1 aliphatic rings. The maximum absolute atomic E-state index is 10.8. The van der Waals surface area contributed by atoms with Crippen molar-refractivity contribution < 1.29 is 9.90 Å². The summed E-state index contributed by atoms with van der Waals surface area (Å²) in [6.07, 6.45) is 5.11. The largest absolute Gasteiger partial charge is 0.481 e. The fraction of sp³-hybridized carbons (Fsp3) is 0.500. The molecular weight excluding hydrogens is 284 g/mol. The van der Waals surface area contributed by atoms with Crippen LogP contribution in [0.5, 0.6) is 0 Å². The molecule has 1 aliphatic heterocycles. The zero-order chi connectivity index (χ0) is 12.3. The van der Waals surface area contributed by atoms with E-state index in [0.29, 0.717) is 0 Å². The molecule has 0 saturated carbocycles. The number of pyridine rings is 1. The number of rotatable bonds is 3. The Hall–Kier alpha value is -0.940. The number of aliphatic carboxylic acids is 1. The minimum Gasteiger partial charge on any atom is -0.481 e. The van der Waals surface area contributed by atoms with Crippen molar-refractivity contribution in [1.29, 1.82) is 0 Å². The number of piperidine rings is 1. The molecule has 0 aromatic carbocycles. The van der Waals surface area contributed by atoms with Crippen molar-refractivity contribution in [3.05, 3.63) is 28.5 Å². The Labute approximate surface area is 109 Å². The molecule has 0 aliphatic carbocycles. The van der Waals surface area contributed by atoms with E-state index in [9.17, 15) is 4.79 Å². The smallest absolute Gasteiger partial charge is 0.306 e. The quantitative estimate of drug-likeness (QED) is 0.929. The summed E-state index contributed by atoms with van der Waals surface area (Å²) >= 11 is 3.40. The van der Waals surface area contributed by atoms with E-state index in [1.54, 1.807) is 6.20 Å². The third kappa shape index (κ3) is 3.51. The average Bonchev–Trinajstić information content (AvgIpc) is 2.29. The second-order valence-electron chi connectivity index (χ2n) is 4.40. The summed E-state index contributed by atoms with van der Waals surface area (Å²) in [4.78, 5) is 17.2. The molecule has 4 nitrogen and oxygen atoms in total. The number of hydrogen-bond acceptors (Lipinski definition) is 3. The van der Waals surface area contributed by atoms with Gasteiger partial charge in [-0.25, -0.2) is 0 Å². The van der Waals surface area contributed by atoms with Crippen molar-refractivity contribution in [2.75, 3.05) is 13.1 Å². The van der Waals surface area contributed by atoms with Gasteiger partial charge < -0.3 is 5.11 Å². The maximum Gasteiger partial charge on any atom is 0.306 e. The van der Waals surface area contributed by atoms with Crippen molar-refractivity contribution in [3.63, 3.8) is 0 Å². The van der Waals surface area contributed by atoms with E-state index in [1.165, 1.54) is 0 Å². The van der Waals surface area contributed by atoms with Gasteiger partial charge in [0.15, 0.2) is 0 Å². The first-order chi connectivity index (χ1) is 8.15. The second-order valence-corrected chi connectivity index (χ2v) is 5.32. The monoisotopic (exact) mass is 298 g/mol. The van der Waals surface area contributed by atoms with Crippen LogP contribution in [0.2, 0.25) is 0 Å². The molecule has 0 radical (unpaired) electrons. The first-order valence-electron chi connectivity index (χ1n) is 5.70. The van der Waals surface area contributed by atoms with E-state index in [0.717, 1.165) is 42.5 Å². The molecule has 1 aromatic rings. The van der Waals surface area contributed by atoms with Crippen LogP contribution >= 0.6 is 15.9 Å². The number of halogens is 1. The molecule has 2 rings (SSSR count). The fourth-order valence-electron chi connectivity index (χ4n) is 2.14. The molecule has 1 saturated heterocycles. The fourth-order valence-corrected chi connectivity index (χ4v) is 2.55. The molecule has 2 heterocycles. The average molecular weight is 299 g/mol. The van der Waals surface area contributed by atoms with Crippen molar-refractivity contribution in [2.24, 2.45) is 5.92 Å². The molecule has 0 unspecified atom stereocenters. The van der Waals surface area contributed by atoms with Crippen LogP contribution in [0.3, 0.4) is 0 Å². The van der Waals surface area contributed by atoms with Crippen LogP contribution in [0.25, 0.3) is 0 Å². The van der Waals surface area contributed by atoms with Crippen LogP contribution in [0.15, 0.2) is 22.9 Å². The molecular formula is C12H15BrN2O2. The molecule has 0 amide bonds. The first-order valence-corrected chi connectivity index (χ1v) is 6.49. The van der Waals surface area contributed by atoms with Crippen LogP contribution in [-0.4, -0.2) is 34.0 Å². The van der Waals surface area contributed by atoms with E-state index < -0.39 is 5.97 Å². The number of carboxylic acids is 1. The van der Waals surface area contributed by atoms with Crippen LogP contribution in [0.1, 0.15) is 18.4 Å². The van der Waals surface area contributed by atoms with Gasteiger partial charge >= 0.3 is 5.97 Å². The highest BCUT2D eigenvalue weighted by Crippen LogP contribution is 2.19. The van der Waals surface area contributed by atoms with Crippen molar-refractivity contribution in [1.82, 2.24) is 9.88 Å². The Morgan fingerprint density at radius 2 is 2.18 bits per heavy atom. The molecule has 1 fully saturated rings. The summed E-state index contributed by atoms with van der Waals surface area (Å²) in [5, 5.41) is 8.92. The molecule has 0 atom stereocenters. The Morgan fingerprint density at radius 1 is 1.47 bits per heavy atom. The Morgan fingerprint density at radius 3 is 2.76 bits per heavy atom. The Bertz CT molecular complexity index is 403.